The molecule has 6 heteroatoms. The molecule has 0 saturated heterocycles. The molecule has 0 saturated carbocycles. The first-order chi connectivity index (χ1) is 7.95. The Labute approximate surface area is 99.6 Å². The zero-order valence-corrected chi connectivity index (χ0v) is 9.47. The first kappa shape index (κ1) is 13.4. The molecule has 0 radical (unpaired) electrons. The van der Waals surface area contributed by atoms with Crippen molar-refractivity contribution in [2.75, 3.05) is 5.32 Å². The normalized spacial score (nSPS) is 9.88. The molecule has 0 aromatic heterocycles. The second-order valence-corrected chi connectivity index (χ2v) is 3.68. The summed E-state index contributed by atoms with van der Waals surface area (Å²) in [7, 11) is -1.65. The summed E-state index contributed by atoms with van der Waals surface area (Å²) >= 11 is 0. The molecule has 0 aliphatic carbocycles. The molecule has 1 aromatic carbocycles. The molecule has 0 bridgehead atoms. The Hall–Kier alpha value is -1.63. The quantitative estimate of drug-likeness (QED) is 0.413. The van der Waals surface area contributed by atoms with Crippen LogP contribution in [0.5, 0.6) is 0 Å². The van der Waals surface area contributed by atoms with E-state index in [0.717, 1.165) is 0 Å². The highest BCUT2D eigenvalue weighted by Gasteiger charge is 2.16. The topological polar surface area (TPSA) is 89.8 Å². The molecule has 1 rings (SSSR count). The number of benzene rings is 1. The maximum Gasteiger partial charge on any atom is 0.488 e. The van der Waals surface area contributed by atoms with E-state index >= 15 is 0 Å². The fourth-order valence-corrected chi connectivity index (χ4v) is 1.31. The minimum atomic E-state index is -1.65. The van der Waals surface area contributed by atoms with Crippen molar-refractivity contribution in [3.8, 4) is 0 Å². The van der Waals surface area contributed by atoms with Crippen LogP contribution in [0.15, 0.2) is 30.4 Å². The van der Waals surface area contributed by atoms with Crippen molar-refractivity contribution in [1.82, 2.24) is 0 Å². The molecule has 5 nitrogen and oxygen atoms in total. The third kappa shape index (κ3) is 3.42. The summed E-state index contributed by atoms with van der Waals surface area (Å²) in [6.45, 7) is 4.73. The van der Waals surface area contributed by atoms with Gasteiger partial charge in [0.25, 0.3) is 5.91 Å². The number of aliphatic hydroxyl groups excluding tert-OH is 1. The van der Waals surface area contributed by atoms with E-state index in [0.29, 0.717) is 16.8 Å². The molecular weight excluding hydrogens is 221 g/mol. The van der Waals surface area contributed by atoms with E-state index in [1.807, 2.05) is 0 Å². The number of carbonyl (C=O) groups is 1. The van der Waals surface area contributed by atoms with Gasteiger partial charge in [-0.15, -0.1) is 0 Å². The largest absolute Gasteiger partial charge is 0.488 e. The lowest BCUT2D eigenvalue weighted by molar-refractivity contribution is -0.112. The predicted molar refractivity (Wildman–Crippen MR) is 65.6 cm³/mol. The molecule has 4 N–H and O–H groups in total. The van der Waals surface area contributed by atoms with Crippen molar-refractivity contribution in [2.45, 2.75) is 13.5 Å². The number of carbonyl (C=O) groups excluding carboxylic acids is 1. The Morgan fingerprint density at radius 1 is 1.47 bits per heavy atom. The number of rotatable bonds is 4. The van der Waals surface area contributed by atoms with E-state index in [1.54, 1.807) is 6.92 Å². The molecule has 0 unspecified atom stereocenters. The summed E-state index contributed by atoms with van der Waals surface area (Å²) in [4.78, 5) is 11.4. The van der Waals surface area contributed by atoms with Gasteiger partial charge in [-0.2, -0.15) is 0 Å². The molecule has 1 aromatic rings. The molecule has 0 heterocycles. The molecule has 1 amide bonds. The second kappa shape index (κ2) is 5.63. The lowest BCUT2D eigenvalue weighted by atomic mass is 9.77. The van der Waals surface area contributed by atoms with Gasteiger partial charge in [-0.1, -0.05) is 12.6 Å². The lowest BCUT2D eigenvalue weighted by Gasteiger charge is -2.10. The van der Waals surface area contributed by atoms with Crippen LogP contribution in [-0.2, 0) is 11.4 Å². The Morgan fingerprint density at radius 2 is 2.12 bits per heavy atom. The van der Waals surface area contributed by atoms with E-state index in [-0.39, 0.29) is 18.0 Å². The average Bonchev–Trinajstić information content (AvgIpc) is 2.28. The van der Waals surface area contributed by atoms with Crippen molar-refractivity contribution in [3.05, 3.63) is 35.9 Å². The minimum Gasteiger partial charge on any atom is -0.423 e. The van der Waals surface area contributed by atoms with Crippen LogP contribution in [0.4, 0.5) is 5.69 Å². The molecular formula is C11H14BNO4. The van der Waals surface area contributed by atoms with Crippen molar-refractivity contribution in [1.29, 1.82) is 0 Å². The number of aliphatic hydroxyl groups is 1. The van der Waals surface area contributed by atoms with E-state index < -0.39 is 7.12 Å². The summed E-state index contributed by atoms with van der Waals surface area (Å²) in [5.41, 5.74) is 1.38. The summed E-state index contributed by atoms with van der Waals surface area (Å²) in [6, 6.07) is 4.44. The molecule has 0 aliphatic heterocycles. The average molecular weight is 235 g/mol. The Kier molecular flexibility index (Phi) is 4.45. The van der Waals surface area contributed by atoms with Gasteiger partial charge in [-0.05, 0) is 30.1 Å². The van der Waals surface area contributed by atoms with Crippen LogP contribution in [0.1, 0.15) is 12.5 Å². The maximum absolute atomic E-state index is 11.4. The lowest BCUT2D eigenvalue weighted by Crippen LogP contribution is -2.33. The van der Waals surface area contributed by atoms with Crippen molar-refractivity contribution < 1.29 is 19.9 Å². The van der Waals surface area contributed by atoms with Crippen LogP contribution in [0.3, 0.4) is 0 Å². The molecule has 0 atom stereocenters. The second-order valence-electron chi connectivity index (χ2n) is 3.68. The van der Waals surface area contributed by atoms with E-state index in [2.05, 4.69) is 11.9 Å². The van der Waals surface area contributed by atoms with Crippen LogP contribution >= 0.6 is 0 Å². The number of hydrogen-bond donors (Lipinski definition) is 4. The molecule has 17 heavy (non-hydrogen) atoms. The molecule has 0 aliphatic rings. The van der Waals surface area contributed by atoms with Crippen LogP contribution in [0.25, 0.3) is 0 Å². The maximum atomic E-state index is 11.4. The van der Waals surface area contributed by atoms with Crippen molar-refractivity contribution >= 4 is 24.2 Å². The molecule has 0 spiro atoms. The molecule has 0 fully saturated rings. The Morgan fingerprint density at radius 3 is 2.59 bits per heavy atom. The van der Waals surface area contributed by atoms with Crippen molar-refractivity contribution in [2.24, 2.45) is 0 Å². The summed E-state index contributed by atoms with van der Waals surface area (Å²) in [5, 5.41) is 29.7. The number of anilines is 1. The monoisotopic (exact) mass is 235 g/mol. The first-order valence-electron chi connectivity index (χ1n) is 5.02. The van der Waals surface area contributed by atoms with Gasteiger partial charge in [0.2, 0.25) is 0 Å². The van der Waals surface area contributed by atoms with Gasteiger partial charge in [-0.25, -0.2) is 0 Å². The van der Waals surface area contributed by atoms with Crippen LogP contribution in [0, 0.1) is 0 Å². The summed E-state index contributed by atoms with van der Waals surface area (Å²) in [6.07, 6.45) is 0. The smallest absolute Gasteiger partial charge is 0.423 e. The van der Waals surface area contributed by atoms with Gasteiger partial charge < -0.3 is 20.5 Å². The van der Waals surface area contributed by atoms with E-state index in [9.17, 15) is 4.79 Å². The zero-order valence-electron chi connectivity index (χ0n) is 9.47. The summed E-state index contributed by atoms with van der Waals surface area (Å²) in [5.74, 6) is -0.328. The van der Waals surface area contributed by atoms with Crippen LogP contribution < -0.4 is 10.8 Å². The highest BCUT2D eigenvalue weighted by atomic mass is 16.4. The van der Waals surface area contributed by atoms with Gasteiger partial charge in [0.05, 0.1) is 6.61 Å². The van der Waals surface area contributed by atoms with Gasteiger partial charge in [0.15, 0.2) is 0 Å². The van der Waals surface area contributed by atoms with Gasteiger partial charge in [0.1, 0.15) is 0 Å². The Bertz CT molecular complexity index is 445. The van der Waals surface area contributed by atoms with Gasteiger partial charge in [0, 0.05) is 11.3 Å². The van der Waals surface area contributed by atoms with Crippen LogP contribution in [0.2, 0.25) is 0 Å². The fraction of sp³-hybridized carbons (Fsp3) is 0.182. The highest BCUT2D eigenvalue weighted by molar-refractivity contribution is 6.59. The number of nitrogens with one attached hydrogen (secondary N) is 1. The SMILES string of the molecule is C=C(C)C(=O)Nc1ccc(B(O)O)c(CO)c1. The summed E-state index contributed by atoms with van der Waals surface area (Å²) < 4.78 is 0. The van der Waals surface area contributed by atoms with Crippen LogP contribution in [-0.4, -0.2) is 28.2 Å². The third-order valence-corrected chi connectivity index (χ3v) is 2.24. The Balaban J connectivity index is 2.97. The standard InChI is InChI=1S/C11H14BNO4/c1-7(2)11(15)13-9-3-4-10(12(16)17)8(5-9)6-14/h3-5,14,16-17H,1,6H2,2H3,(H,13,15). The van der Waals surface area contributed by atoms with E-state index in [4.69, 9.17) is 15.2 Å². The highest BCUT2D eigenvalue weighted by Crippen LogP contribution is 2.10. The number of amides is 1. The zero-order chi connectivity index (χ0) is 13.0. The predicted octanol–water partition coefficient (Wildman–Crippen LogP) is -0.627. The van der Waals surface area contributed by atoms with E-state index in [1.165, 1.54) is 18.2 Å². The fourth-order valence-electron chi connectivity index (χ4n) is 1.31. The van der Waals surface area contributed by atoms with Gasteiger partial charge in [-0.3, -0.25) is 4.79 Å². The third-order valence-electron chi connectivity index (χ3n) is 2.24. The minimum absolute atomic E-state index is 0.209. The first-order valence-corrected chi connectivity index (χ1v) is 5.02. The van der Waals surface area contributed by atoms with Crippen molar-refractivity contribution in [3.63, 3.8) is 0 Å². The number of hydrogen-bond acceptors (Lipinski definition) is 4. The molecule has 90 valence electrons. The van der Waals surface area contributed by atoms with Gasteiger partial charge >= 0.3 is 7.12 Å².